The number of hydrogen-bond donors (Lipinski definition) is 1. The van der Waals surface area contributed by atoms with Crippen molar-refractivity contribution in [2.75, 3.05) is 5.32 Å². The topological polar surface area (TPSA) is 29.1 Å². The van der Waals surface area contributed by atoms with Crippen molar-refractivity contribution in [3.05, 3.63) is 63.2 Å². The number of anilines is 1. The molecule has 0 heterocycles. The lowest BCUT2D eigenvalue weighted by Crippen LogP contribution is -2.11. The molecule has 21 heavy (non-hydrogen) atoms. The average Bonchev–Trinajstić information content (AvgIpc) is 3.08. The molecule has 1 saturated carbocycles. The minimum atomic E-state index is -0.620. The van der Waals surface area contributed by atoms with E-state index < -0.39 is 4.33 Å². The maximum Gasteiger partial charge on any atom is 0.255 e. The Kier molecular flexibility index (Phi) is 4.17. The number of benzene rings is 2. The summed E-state index contributed by atoms with van der Waals surface area (Å²) in [6.45, 7) is 0. The molecular formula is C16H12Cl2INO. The van der Waals surface area contributed by atoms with Crippen molar-refractivity contribution < 1.29 is 4.79 Å². The molecule has 0 unspecified atom stereocenters. The van der Waals surface area contributed by atoms with Gasteiger partial charge in [0.15, 0.2) is 0 Å². The summed E-state index contributed by atoms with van der Waals surface area (Å²) in [4.78, 5) is 12.1. The molecule has 2 nitrogen and oxygen atoms in total. The summed E-state index contributed by atoms with van der Waals surface area (Å²) in [5.41, 5.74) is 2.51. The van der Waals surface area contributed by atoms with Gasteiger partial charge in [-0.1, -0.05) is 18.2 Å². The molecule has 5 heteroatoms. The van der Waals surface area contributed by atoms with Crippen LogP contribution in [-0.4, -0.2) is 10.2 Å². The highest BCUT2D eigenvalue weighted by Gasteiger charge is 2.52. The summed E-state index contributed by atoms with van der Waals surface area (Å²) >= 11 is 14.3. The van der Waals surface area contributed by atoms with Gasteiger partial charge in [-0.25, -0.2) is 0 Å². The van der Waals surface area contributed by atoms with Gasteiger partial charge in [0.25, 0.3) is 5.91 Å². The van der Waals surface area contributed by atoms with Gasteiger partial charge >= 0.3 is 0 Å². The molecule has 2 aromatic carbocycles. The fourth-order valence-electron chi connectivity index (χ4n) is 2.21. The van der Waals surface area contributed by atoms with Crippen LogP contribution in [0.2, 0.25) is 0 Å². The second-order valence-electron chi connectivity index (χ2n) is 5.10. The van der Waals surface area contributed by atoms with Crippen LogP contribution < -0.4 is 5.32 Å². The van der Waals surface area contributed by atoms with Crippen molar-refractivity contribution in [2.24, 2.45) is 0 Å². The third-order valence-electron chi connectivity index (χ3n) is 3.48. The SMILES string of the molecule is O=C(Nc1ccc([C@H]2CC2(Cl)Cl)cc1)c1cccc(I)c1. The number of rotatable bonds is 3. The summed E-state index contributed by atoms with van der Waals surface area (Å²) in [6.07, 6.45) is 0.782. The highest BCUT2D eigenvalue weighted by atomic mass is 127. The summed E-state index contributed by atoms with van der Waals surface area (Å²) in [5.74, 6) is 0.0815. The van der Waals surface area contributed by atoms with Gasteiger partial charge in [-0.15, -0.1) is 23.2 Å². The predicted octanol–water partition coefficient (Wildman–Crippen LogP) is 5.20. The van der Waals surface area contributed by atoms with Gasteiger partial charge in [0.2, 0.25) is 0 Å². The predicted molar refractivity (Wildman–Crippen MR) is 95.3 cm³/mol. The molecule has 1 aliphatic rings. The lowest BCUT2D eigenvalue weighted by molar-refractivity contribution is 0.102. The molecule has 1 fully saturated rings. The Labute approximate surface area is 147 Å². The van der Waals surface area contributed by atoms with Gasteiger partial charge in [0, 0.05) is 20.7 Å². The molecule has 0 aromatic heterocycles. The minimum absolute atomic E-state index is 0.114. The van der Waals surface area contributed by atoms with Gasteiger partial charge in [-0.3, -0.25) is 4.79 Å². The summed E-state index contributed by atoms with van der Waals surface area (Å²) in [5, 5.41) is 2.88. The zero-order chi connectivity index (χ0) is 15.0. The fraction of sp³-hybridized carbons (Fsp3) is 0.188. The lowest BCUT2D eigenvalue weighted by atomic mass is 10.1. The van der Waals surface area contributed by atoms with Crippen molar-refractivity contribution in [2.45, 2.75) is 16.7 Å². The molecule has 0 spiro atoms. The molecule has 1 atom stereocenters. The first-order valence-corrected chi connectivity index (χ1v) is 8.34. The van der Waals surface area contributed by atoms with E-state index in [1.54, 1.807) is 6.07 Å². The lowest BCUT2D eigenvalue weighted by Gasteiger charge is -2.07. The smallest absolute Gasteiger partial charge is 0.255 e. The van der Waals surface area contributed by atoms with E-state index >= 15 is 0 Å². The Balaban J connectivity index is 1.69. The summed E-state index contributed by atoms with van der Waals surface area (Å²) in [6, 6.07) is 15.1. The molecule has 0 aliphatic heterocycles. The van der Waals surface area contributed by atoms with Crippen LogP contribution >= 0.6 is 45.8 Å². The molecule has 0 bridgehead atoms. The average molecular weight is 432 g/mol. The molecule has 1 amide bonds. The Bertz CT molecular complexity index is 685. The normalized spacial score (nSPS) is 19.1. The van der Waals surface area contributed by atoms with Crippen molar-refractivity contribution in [3.8, 4) is 0 Å². The molecule has 1 aliphatic carbocycles. The quantitative estimate of drug-likeness (QED) is 0.524. The Hall–Kier alpha value is -0.780. The van der Waals surface area contributed by atoms with E-state index in [-0.39, 0.29) is 11.8 Å². The number of carbonyl (C=O) groups excluding carboxylic acids is 1. The Morgan fingerprint density at radius 3 is 2.43 bits per heavy atom. The second-order valence-corrected chi connectivity index (χ2v) is 7.89. The summed E-state index contributed by atoms with van der Waals surface area (Å²) in [7, 11) is 0. The maximum atomic E-state index is 12.1. The van der Waals surface area contributed by atoms with Crippen molar-refractivity contribution in [1.29, 1.82) is 0 Å². The molecular weight excluding hydrogens is 420 g/mol. The van der Waals surface area contributed by atoms with Crippen LogP contribution in [0.3, 0.4) is 0 Å². The number of hydrogen-bond acceptors (Lipinski definition) is 1. The van der Waals surface area contributed by atoms with E-state index in [0.29, 0.717) is 5.56 Å². The second kappa shape index (κ2) is 5.78. The monoisotopic (exact) mass is 431 g/mol. The molecule has 2 aromatic rings. The minimum Gasteiger partial charge on any atom is -0.322 e. The van der Waals surface area contributed by atoms with Crippen LogP contribution in [0.4, 0.5) is 5.69 Å². The molecule has 0 saturated heterocycles. The van der Waals surface area contributed by atoms with Crippen LogP contribution in [0, 0.1) is 3.57 Å². The van der Waals surface area contributed by atoms with Crippen LogP contribution in [0.15, 0.2) is 48.5 Å². The first-order valence-electron chi connectivity index (χ1n) is 6.50. The van der Waals surface area contributed by atoms with Gasteiger partial charge in [-0.2, -0.15) is 0 Å². The highest BCUT2D eigenvalue weighted by molar-refractivity contribution is 14.1. The standard InChI is InChI=1S/C16H12Cl2INO/c17-16(18)9-14(16)10-4-6-13(7-5-10)20-15(21)11-2-1-3-12(19)8-11/h1-8,14H,9H2,(H,20,21)/t14-/m1/s1. The van der Waals surface area contributed by atoms with E-state index in [1.807, 2.05) is 42.5 Å². The number of halogens is 3. The van der Waals surface area contributed by atoms with Crippen molar-refractivity contribution in [1.82, 2.24) is 0 Å². The third-order valence-corrected chi connectivity index (χ3v) is 4.99. The van der Waals surface area contributed by atoms with E-state index in [9.17, 15) is 4.79 Å². The number of alkyl halides is 2. The number of nitrogens with one attached hydrogen (secondary N) is 1. The fourth-order valence-corrected chi connectivity index (χ4v) is 3.31. The Morgan fingerprint density at radius 2 is 1.86 bits per heavy atom. The van der Waals surface area contributed by atoms with E-state index in [2.05, 4.69) is 27.9 Å². The van der Waals surface area contributed by atoms with Crippen LogP contribution in [0.1, 0.15) is 28.3 Å². The first kappa shape index (κ1) is 15.1. The van der Waals surface area contributed by atoms with Gasteiger partial charge in [-0.05, 0) is 64.9 Å². The molecule has 108 valence electrons. The third kappa shape index (κ3) is 3.52. The largest absolute Gasteiger partial charge is 0.322 e. The zero-order valence-electron chi connectivity index (χ0n) is 10.9. The zero-order valence-corrected chi connectivity index (χ0v) is 14.6. The van der Waals surface area contributed by atoms with E-state index in [0.717, 1.165) is 21.2 Å². The van der Waals surface area contributed by atoms with E-state index in [4.69, 9.17) is 23.2 Å². The number of carbonyl (C=O) groups is 1. The highest BCUT2D eigenvalue weighted by Crippen LogP contribution is 2.59. The first-order chi connectivity index (χ1) is 9.95. The number of amides is 1. The Morgan fingerprint density at radius 1 is 1.19 bits per heavy atom. The van der Waals surface area contributed by atoms with Crippen LogP contribution in [-0.2, 0) is 0 Å². The molecule has 3 rings (SSSR count). The molecule has 0 radical (unpaired) electrons. The van der Waals surface area contributed by atoms with Gasteiger partial charge in [0.1, 0.15) is 4.33 Å². The summed E-state index contributed by atoms with van der Waals surface area (Å²) < 4.78 is 0.413. The van der Waals surface area contributed by atoms with E-state index in [1.165, 1.54) is 0 Å². The van der Waals surface area contributed by atoms with Gasteiger partial charge in [0.05, 0.1) is 0 Å². The van der Waals surface area contributed by atoms with Crippen LogP contribution in [0.5, 0.6) is 0 Å². The van der Waals surface area contributed by atoms with Gasteiger partial charge < -0.3 is 5.32 Å². The molecule has 1 N–H and O–H groups in total. The van der Waals surface area contributed by atoms with Crippen molar-refractivity contribution >= 4 is 57.4 Å². The maximum absolute atomic E-state index is 12.1. The van der Waals surface area contributed by atoms with Crippen molar-refractivity contribution in [3.63, 3.8) is 0 Å². The van der Waals surface area contributed by atoms with Crippen LogP contribution in [0.25, 0.3) is 0 Å².